The fourth-order valence-electron chi connectivity index (χ4n) is 3.66. The number of epoxide rings is 1. The number of hydrogen-bond donors (Lipinski definition) is 0. The van der Waals surface area contributed by atoms with Crippen LogP contribution in [0.25, 0.3) is 0 Å². The SMILES string of the molecule is CN1C(=O)N(C)C(=O)C(C)(C23CCCCC2O3)C1=O. The highest BCUT2D eigenvalue weighted by Gasteiger charge is 2.75. The van der Waals surface area contributed by atoms with Crippen LogP contribution in [0.5, 0.6) is 0 Å². The van der Waals surface area contributed by atoms with Crippen LogP contribution in [0.3, 0.4) is 0 Å². The first kappa shape index (κ1) is 12.6. The Balaban J connectivity index is 2.04. The summed E-state index contributed by atoms with van der Waals surface area (Å²) in [6, 6.07) is -0.572. The average Bonchev–Trinajstić information content (AvgIpc) is 3.17. The molecule has 0 aromatic heterocycles. The average molecular weight is 266 g/mol. The van der Waals surface area contributed by atoms with Crippen LogP contribution >= 0.6 is 0 Å². The van der Waals surface area contributed by atoms with Gasteiger partial charge in [-0.15, -0.1) is 0 Å². The van der Waals surface area contributed by atoms with Crippen LogP contribution in [0.1, 0.15) is 32.6 Å². The van der Waals surface area contributed by atoms with Crippen molar-refractivity contribution in [3.63, 3.8) is 0 Å². The second-order valence-corrected chi connectivity index (χ2v) is 5.88. The van der Waals surface area contributed by atoms with E-state index >= 15 is 0 Å². The van der Waals surface area contributed by atoms with E-state index in [0.717, 1.165) is 29.1 Å². The number of hydrogen-bond acceptors (Lipinski definition) is 4. The summed E-state index contributed by atoms with van der Waals surface area (Å²) in [5.74, 6) is -0.880. The van der Waals surface area contributed by atoms with E-state index in [1.807, 2.05) is 0 Å². The topological polar surface area (TPSA) is 70.2 Å². The van der Waals surface area contributed by atoms with Crippen LogP contribution in [0.15, 0.2) is 0 Å². The van der Waals surface area contributed by atoms with E-state index in [4.69, 9.17) is 4.74 Å². The van der Waals surface area contributed by atoms with Crippen molar-refractivity contribution in [2.75, 3.05) is 14.1 Å². The molecule has 2 saturated heterocycles. The van der Waals surface area contributed by atoms with E-state index in [9.17, 15) is 14.4 Å². The Morgan fingerprint density at radius 2 is 1.68 bits per heavy atom. The van der Waals surface area contributed by atoms with Crippen molar-refractivity contribution in [1.29, 1.82) is 0 Å². The summed E-state index contributed by atoms with van der Waals surface area (Å²) in [6.45, 7) is 1.63. The summed E-state index contributed by atoms with van der Waals surface area (Å²) in [6.07, 6.45) is 3.59. The molecular formula is C13H18N2O4. The monoisotopic (exact) mass is 266 g/mol. The second-order valence-electron chi connectivity index (χ2n) is 5.88. The van der Waals surface area contributed by atoms with Gasteiger partial charge in [-0.1, -0.05) is 12.8 Å². The number of fused-ring (bicyclic) bond motifs is 1. The molecule has 1 saturated carbocycles. The molecule has 19 heavy (non-hydrogen) atoms. The standard InChI is InChI=1S/C13H18N2O4/c1-12(13-7-5-4-6-8(13)19-13)9(16)14(2)11(18)15(3)10(12)17/h8H,4-7H2,1-3H3. The Hall–Kier alpha value is -1.43. The molecule has 6 heteroatoms. The maximum Gasteiger partial charge on any atom is 0.332 e. The van der Waals surface area contributed by atoms with Crippen molar-refractivity contribution in [2.24, 2.45) is 5.41 Å². The van der Waals surface area contributed by atoms with E-state index in [-0.39, 0.29) is 6.10 Å². The van der Waals surface area contributed by atoms with E-state index in [0.29, 0.717) is 6.42 Å². The molecule has 3 rings (SSSR count). The molecule has 0 bridgehead atoms. The first-order valence-corrected chi connectivity index (χ1v) is 6.64. The lowest BCUT2D eigenvalue weighted by Crippen LogP contribution is -2.67. The molecule has 2 heterocycles. The van der Waals surface area contributed by atoms with Gasteiger partial charge in [-0.25, -0.2) is 4.79 Å². The summed E-state index contributed by atoms with van der Waals surface area (Å²) >= 11 is 0. The lowest BCUT2D eigenvalue weighted by atomic mass is 9.67. The molecule has 1 aliphatic carbocycles. The van der Waals surface area contributed by atoms with Crippen LogP contribution in [0.2, 0.25) is 0 Å². The molecule has 2 unspecified atom stereocenters. The fourth-order valence-corrected chi connectivity index (χ4v) is 3.66. The van der Waals surface area contributed by atoms with Gasteiger partial charge in [0.2, 0.25) is 11.8 Å². The van der Waals surface area contributed by atoms with Crippen molar-refractivity contribution >= 4 is 17.8 Å². The normalized spacial score (nSPS) is 37.4. The Kier molecular flexibility index (Phi) is 2.36. The summed E-state index contributed by atoms with van der Waals surface area (Å²) in [4.78, 5) is 38.9. The predicted molar refractivity (Wildman–Crippen MR) is 65.1 cm³/mol. The smallest absolute Gasteiger partial charge is 0.332 e. The molecule has 6 nitrogen and oxygen atoms in total. The Labute approximate surface area is 111 Å². The van der Waals surface area contributed by atoms with E-state index in [1.54, 1.807) is 6.92 Å². The van der Waals surface area contributed by atoms with E-state index < -0.39 is 28.9 Å². The van der Waals surface area contributed by atoms with E-state index in [1.165, 1.54) is 14.1 Å². The molecule has 3 aliphatic rings. The number of rotatable bonds is 1. The van der Waals surface area contributed by atoms with Crippen LogP contribution in [-0.2, 0) is 14.3 Å². The number of imide groups is 2. The zero-order valence-electron chi connectivity index (χ0n) is 11.4. The highest BCUT2D eigenvalue weighted by atomic mass is 16.6. The molecule has 2 atom stereocenters. The minimum Gasteiger partial charge on any atom is -0.364 e. The number of nitrogens with zero attached hydrogens (tertiary/aromatic N) is 2. The number of ether oxygens (including phenoxy) is 1. The van der Waals surface area contributed by atoms with Crippen molar-refractivity contribution in [3.05, 3.63) is 0 Å². The first-order chi connectivity index (χ1) is 8.86. The van der Waals surface area contributed by atoms with Gasteiger partial charge in [-0.3, -0.25) is 19.4 Å². The molecular weight excluding hydrogens is 248 g/mol. The Morgan fingerprint density at radius 1 is 1.11 bits per heavy atom. The Morgan fingerprint density at radius 3 is 2.21 bits per heavy atom. The maximum atomic E-state index is 12.5. The highest BCUT2D eigenvalue weighted by Crippen LogP contribution is 2.59. The molecule has 4 amide bonds. The lowest BCUT2D eigenvalue weighted by molar-refractivity contribution is -0.161. The molecule has 3 fully saturated rings. The van der Waals surface area contributed by atoms with Gasteiger partial charge in [0.25, 0.3) is 0 Å². The van der Waals surface area contributed by atoms with Crippen molar-refractivity contribution in [2.45, 2.75) is 44.3 Å². The van der Waals surface area contributed by atoms with Gasteiger partial charge in [0.1, 0.15) is 5.60 Å². The first-order valence-electron chi connectivity index (χ1n) is 6.64. The van der Waals surface area contributed by atoms with Gasteiger partial charge in [0.15, 0.2) is 5.41 Å². The number of barbiturate groups is 1. The molecule has 0 N–H and O–H groups in total. The lowest BCUT2D eigenvalue weighted by Gasteiger charge is -2.43. The summed E-state index contributed by atoms with van der Waals surface area (Å²) in [5.41, 5.74) is -1.96. The molecule has 0 radical (unpaired) electrons. The maximum absolute atomic E-state index is 12.5. The van der Waals surface area contributed by atoms with Crippen molar-refractivity contribution in [1.82, 2.24) is 9.80 Å². The minimum atomic E-state index is -1.27. The number of carbonyl (C=O) groups excluding carboxylic acids is 3. The zero-order chi connectivity index (χ0) is 14.0. The fraction of sp³-hybridized carbons (Fsp3) is 0.769. The largest absolute Gasteiger partial charge is 0.364 e. The van der Waals surface area contributed by atoms with Gasteiger partial charge < -0.3 is 4.74 Å². The van der Waals surface area contributed by atoms with Gasteiger partial charge in [-0.05, 0) is 19.8 Å². The van der Waals surface area contributed by atoms with Gasteiger partial charge >= 0.3 is 6.03 Å². The number of amides is 4. The second kappa shape index (κ2) is 3.56. The molecule has 104 valence electrons. The van der Waals surface area contributed by atoms with Gasteiger partial charge in [0.05, 0.1) is 6.10 Å². The summed E-state index contributed by atoms with van der Waals surface area (Å²) < 4.78 is 5.77. The van der Waals surface area contributed by atoms with Crippen molar-refractivity contribution < 1.29 is 19.1 Å². The van der Waals surface area contributed by atoms with E-state index in [2.05, 4.69) is 0 Å². The van der Waals surface area contributed by atoms with Gasteiger partial charge in [-0.2, -0.15) is 0 Å². The zero-order valence-corrected chi connectivity index (χ0v) is 11.4. The third kappa shape index (κ3) is 1.27. The minimum absolute atomic E-state index is 0.0193. The predicted octanol–water partition coefficient (Wildman–Crippen LogP) is 0.755. The Bertz CT molecular complexity index is 465. The van der Waals surface area contributed by atoms with Gasteiger partial charge in [0, 0.05) is 14.1 Å². The summed E-state index contributed by atoms with van der Waals surface area (Å²) in [7, 11) is 2.84. The number of carbonyl (C=O) groups is 3. The third-order valence-electron chi connectivity index (χ3n) is 4.96. The highest BCUT2D eigenvalue weighted by molar-refractivity contribution is 6.19. The molecule has 0 aromatic carbocycles. The summed E-state index contributed by atoms with van der Waals surface area (Å²) in [5, 5.41) is 0. The number of urea groups is 1. The molecule has 0 spiro atoms. The van der Waals surface area contributed by atoms with Crippen LogP contribution < -0.4 is 0 Å². The molecule has 2 aliphatic heterocycles. The quantitative estimate of drug-likeness (QED) is 0.519. The van der Waals surface area contributed by atoms with Crippen LogP contribution in [-0.4, -0.2) is 53.4 Å². The van der Waals surface area contributed by atoms with Crippen LogP contribution in [0.4, 0.5) is 4.79 Å². The van der Waals surface area contributed by atoms with Crippen molar-refractivity contribution in [3.8, 4) is 0 Å². The molecule has 0 aromatic rings. The van der Waals surface area contributed by atoms with Crippen LogP contribution in [0, 0.1) is 5.41 Å². The third-order valence-corrected chi connectivity index (χ3v) is 4.96.